The van der Waals surface area contributed by atoms with Crippen LogP contribution in [0.1, 0.15) is 11.1 Å². The van der Waals surface area contributed by atoms with Crippen LogP contribution in [-0.2, 0) is 6.54 Å². The molecule has 0 atom stereocenters. The minimum atomic E-state index is -0.366. The highest BCUT2D eigenvalue weighted by molar-refractivity contribution is 9.10. The Morgan fingerprint density at radius 3 is 2.89 bits per heavy atom. The molecule has 0 fully saturated rings. The van der Waals surface area contributed by atoms with E-state index in [0.717, 1.165) is 11.1 Å². The van der Waals surface area contributed by atoms with Crippen LogP contribution in [0.15, 0.2) is 35.1 Å². The van der Waals surface area contributed by atoms with Crippen LogP contribution in [0.25, 0.3) is 0 Å². The van der Waals surface area contributed by atoms with Gasteiger partial charge in [0.05, 0.1) is 10.7 Å². The van der Waals surface area contributed by atoms with Crippen molar-refractivity contribution in [2.45, 2.75) is 13.5 Å². The van der Waals surface area contributed by atoms with Gasteiger partial charge in [-0.15, -0.1) is 0 Å². The number of nitrogens with zero attached hydrogens (tertiary/aromatic N) is 1. The number of hydrogen-bond donors (Lipinski definition) is 1. The van der Waals surface area contributed by atoms with Gasteiger partial charge in [-0.25, -0.2) is 4.39 Å². The molecule has 1 heterocycles. The predicted octanol–water partition coefficient (Wildman–Crippen LogP) is 4.56. The molecular formula is C13H11BrClFN2. The van der Waals surface area contributed by atoms with E-state index < -0.39 is 0 Å². The third-order valence-electron chi connectivity index (χ3n) is 2.61. The first kappa shape index (κ1) is 13.3. The number of rotatable bonds is 3. The maximum Gasteiger partial charge on any atom is 0.125 e. The molecule has 1 aromatic carbocycles. The molecule has 0 aliphatic rings. The van der Waals surface area contributed by atoms with Gasteiger partial charge < -0.3 is 5.32 Å². The zero-order chi connectivity index (χ0) is 13.1. The molecule has 0 unspecified atom stereocenters. The number of aromatic nitrogens is 1. The molecule has 0 spiro atoms. The number of aryl methyl sites for hydroxylation is 1. The molecule has 0 aliphatic heterocycles. The number of nitrogens with one attached hydrogen (secondary N) is 1. The summed E-state index contributed by atoms with van der Waals surface area (Å²) >= 11 is 9.28. The molecule has 0 saturated carbocycles. The van der Waals surface area contributed by atoms with Crippen LogP contribution < -0.4 is 5.32 Å². The normalized spacial score (nSPS) is 10.4. The van der Waals surface area contributed by atoms with Crippen molar-refractivity contribution in [1.29, 1.82) is 0 Å². The fourth-order valence-corrected chi connectivity index (χ4v) is 2.54. The quantitative estimate of drug-likeness (QED) is 0.893. The molecule has 5 heteroatoms. The summed E-state index contributed by atoms with van der Waals surface area (Å²) in [6, 6.07) is 4.60. The Kier molecular flexibility index (Phi) is 4.19. The summed E-state index contributed by atoms with van der Waals surface area (Å²) in [5, 5.41) is 3.53. The summed E-state index contributed by atoms with van der Waals surface area (Å²) in [5.41, 5.74) is 2.90. The number of pyridine rings is 1. The van der Waals surface area contributed by atoms with Crippen LogP contribution in [0.2, 0.25) is 5.02 Å². The second kappa shape index (κ2) is 5.67. The van der Waals surface area contributed by atoms with Crippen LogP contribution in [0.5, 0.6) is 0 Å². The van der Waals surface area contributed by atoms with Crippen molar-refractivity contribution in [2.24, 2.45) is 0 Å². The monoisotopic (exact) mass is 328 g/mol. The van der Waals surface area contributed by atoms with Crippen molar-refractivity contribution in [3.05, 3.63) is 57.0 Å². The first-order valence-electron chi connectivity index (χ1n) is 5.36. The smallest absolute Gasteiger partial charge is 0.125 e. The number of anilines is 1. The topological polar surface area (TPSA) is 24.9 Å². The Morgan fingerprint density at radius 1 is 1.44 bits per heavy atom. The highest BCUT2D eigenvalue weighted by atomic mass is 79.9. The number of benzene rings is 1. The van der Waals surface area contributed by atoms with E-state index >= 15 is 0 Å². The van der Waals surface area contributed by atoms with Crippen LogP contribution in [0, 0.1) is 12.7 Å². The van der Waals surface area contributed by atoms with Crippen molar-refractivity contribution in [1.82, 2.24) is 4.98 Å². The molecule has 0 amide bonds. The van der Waals surface area contributed by atoms with E-state index in [1.54, 1.807) is 12.4 Å². The molecule has 0 aliphatic carbocycles. The number of hydrogen-bond acceptors (Lipinski definition) is 2. The maximum atomic E-state index is 13.1. The zero-order valence-corrected chi connectivity index (χ0v) is 12.0. The molecule has 2 aromatic rings. The Morgan fingerprint density at radius 2 is 2.22 bits per heavy atom. The summed E-state index contributed by atoms with van der Waals surface area (Å²) in [6.07, 6.45) is 3.55. The van der Waals surface area contributed by atoms with Gasteiger partial charge in [0.2, 0.25) is 0 Å². The SMILES string of the molecule is Cc1ccncc1CNc1c(Cl)cc(F)cc1Br. The lowest BCUT2D eigenvalue weighted by Crippen LogP contribution is -2.03. The average molecular weight is 330 g/mol. The van der Waals surface area contributed by atoms with Crippen molar-refractivity contribution in [3.63, 3.8) is 0 Å². The van der Waals surface area contributed by atoms with Crippen molar-refractivity contribution in [2.75, 3.05) is 5.32 Å². The van der Waals surface area contributed by atoms with E-state index in [4.69, 9.17) is 11.6 Å². The van der Waals surface area contributed by atoms with Gasteiger partial charge in [0.15, 0.2) is 0 Å². The Hall–Kier alpha value is -1.13. The largest absolute Gasteiger partial charge is 0.379 e. The predicted molar refractivity (Wildman–Crippen MR) is 75.4 cm³/mol. The summed E-state index contributed by atoms with van der Waals surface area (Å²) < 4.78 is 13.7. The molecule has 18 heavy (non-hydrogen) atoms. The molecule has 2 rings (SSSR count). The fraction of sp³-hybridized carbons (Fsp3) is 0.154. The van der Waals surface area contributed by atoms with Crippen molar-refractivity contribution < 1.29 is 4.39 Å². The molecule has 1 aromatic heterocycles. The van der Waals surface area contributed by atoms with Gasteiger partial charge in [-0.3, -0.25) is 4.98 Å². The van der Waals surface area contributed by atoms with Crippen molar-refractivity contribution >= 4 is 33.2 Å². The standard InChI is InChI=1S/C13H11BrClFN2/c1-8-2-3-17-6-9(8)7-18-13-11(14)4-10(16)5-12(13)15/h2-6,18H,7H2,1H3. The highest BCUT2D eigenvalue weighted by Gasteiger charge is 2.08. The molecule has 1 N–H and O–H groups in total. The summed E-state index contributed by atoms with van der Waals surface area (Å²) in [5.74, 6) is -0.366. The van der Waals surface area contributed by atoms with E-state index in [2.05, 4.69) is 26.2 Å². The van der Waals surface area contributed by atoms with E-state index in [-0.39, 0.29) is 5.82 Å². The van der Waals surface area contributed by atoms with Gasteiger partial charge in [-0.2, -0.15) is 0 Å². The Bertz CT molecular complexity index is 552. The molecule has 0 bridgehead atoms. The number of halogens is 3. The lowest BCUT2D eigenvalue weighted by molar-refractivity contribution is 0.627. The third kappa shape index (κ3) is 3.00. The Labute approximate surface area is 118 Å². The molecule has 0 saturated heterocycles. The summed E-state index contributed by atoms with van der Waals surface area (Å²) in [7, 11) is 0. The third-order valence-corrected chi connectivity index (χ3v) is 3.53. The van der Waals surface area contributed by atoms with E-state index in [0.29, 0.717) is 21.7 Å². The lowest BCUT2D eigenvalue weighted by atomic mass is 10.1. The second-order valence-electron chi connectivity index (χ2n) is 3.90. The first-order valence-corrected chi connectivity index (χ1v) is 6.53. The molecule has 94 valence electrons. The van der Waals surface area contributed by atoms with Gasteiger partial charge in [-0.05, 0) is 52.2 Å². The second-order valence-corrected chi connectivity index (χ2v) is 5.16. The van der Waals surface area contributed by atoms with Crippen molar-refractivity contribution in [3.8, 4) is 0 Å². The van der Waals surface area contributed by atoms with Gasteiger partial charge in [-0.1, -0.05) is 11.6 Å². The van der Waals surface area contributed by atoms with E-state index in [1.807, 2.05) is 13.0 Å². The molecule has 2 nitrogen and oxygen atoms in total. The van der Waals surface area contributed by atoms with Gasteiger partial charge in [0.1, 0.15) is 5.82 Å². The van der Waals surface area contributed by atoms with Gasteiger partial charge in [0.25, 0.3) is 0 Å². The van der Waals surface area contributed by atoms with Gasteiger partial charge >= 0.3 is 0 Å². The van der Waals surface area contributed by atoms with Crippen LogP contribution in [-0.4, -0.2) is 4.98 Å². The zero-order valence-electron chi connectivity index (χ0n) is 9.67. The lowest BCUT2D eigenvalue weighted by Gasteiger charge is -2.12. The first-order chi connectivity index (χ1) is 8.58. The highest BCUT2D eigenvalue weighted by Crippen LogP contribution is 2.32. The minimum Gasteiger partial charge on any atom is -0.379 e. The van der Waals surface area contributed by atoms with E-state index in [1.165, 1.54) is 12.1 Å². The van der Waals surface area contributed by atoms with E-state index in [9.17, 15) is 4.39 Å². The maximum absolute atomic E-state index is 13.1. The minimum absolute atomic E-state index is 0.350. The fourth-order valence-electron chi connectivity index (χ4n) is 1.58. The van der Waals surface area contributed by atoms with Gasteiger partial charge in [0, 0.05) is 23.4 Å². The van der Waals surface area contributed by atoms with Crippen LogP contribution in [0.3, 0.4) is 0 Å². The van der Waals surface area contributed by atoms with Crippen LogP contribution >= 0.6 is 27.5 Å². The summed E-state index contributed by atoms with van der Waals surface area (Å²) in [4.78, 5) is 4.07. The molecular weight excluding hydrogens is 319 g/mol. The average Bonchev–Trinajstić information content (AvgIpc) is 2.30. The van der Waals surface area contributed by atoms with Crippen LogP contribution in [0.4, 0.5) is 10.1 Å². The Balaban J connectivity index is 2.19. The molecule has 0 radical (unpaired) electrons. The summed E-state index contributed by atoms with van der Waals surface area (Å²) in [6.45, 7) is 2.60.